The summed E-state index contributed by atoms with van der Waals surface area (Å²) in [4.78, 5) is 0. The number of rotatable bonds is 15. The van der Waals surface area contributed by atoms with Crippen LogP contribution < -0.4 is 0 Å². The summed E-state index contributed by atoms with van der Waals surface area (Å²) in [5.74, 6) is 2.42. The van der Waals surface area contributed by atoms with Crippen molar-refractivity contribution in [2.45, 2.75) is 111 Å². The molecular formula is C20H42O3. The Morgan fingerprint density at radius 3 is 1.39 bits per heavy atom. The molecule has 0 aromatic rings. The minimum absolute atomic E-state index is 0.269. The first-order chi connectivity index (χ1) is 10.8. The van der Waals surface area contributed by atoms with Crippen LogP contribution in [0.15, 0.2) is 0 Å². The Morgan fingerprint density at radius 2 is 0.957 bits per heavy atom. The van der Waals surface area contributed by atoms with Crippen LogP contribution in [0.3, 0.4) is 0 Å². The molecule has 3 N–H and O–H groups in total. The van der Waals surface area contributed by atoms with Gasteiger partial charge >= 0.3 is 0 Å². The molecule has 140 valence electrons. The highest BCUT2D eigenvalue weighted by molar-refractivity contribution is 4.62. The molecule has 23 heavy (non-hydrogen) atoms. The molecule has 0 aliphatic heterocycles. The van der Waals surface area contributed by atoms with Gasteiger partial charge < -0.3 is 15.3 Å². The summed E-state index contributed by atoms with van der Waals surface area (Å²) in [6.45, 7) is 9.30. The predicted molar refractivity (Wildman–Crippen MR) is 98.2 cm³/mol. The van der Waals surface area contributed by atoms with Gasteiger partial charge in [-0.1, -0.05) is 79.1 Å². The molecule has 3 unspecified atom stereocenters. The second kappa shape index (κ2) is 14.2. The molecule has 3 atom stereocenters. The van der Waals surface area contributed by atoms with Gasteiger partial charge in [-0.15, -0.1) is 0 Å². The second-order valence-corrected chi connectivity index (χ2v) is 8.11. The molecular weight excluding hydrogens is 288 g/mol. The molecule has 0 amide bonds. The van der Waals surface area contributed by atoms with E-state index < -0.39 is 6.29 Å². The third-order valence-corrected chi connectivity index (χ3v) is 4.86. The van der Waals surface area contributed by atoms with E-state index in [4.69, 9.17) is 10.2 Å². The van der Waals surface area contributed by atoms with E-state index in [1.165, 1.54) is 44.9 Å². The van der Waals surface area contributed by atoms with Crippen molar-refractivity contribution in [3.8, 4) is 0 Å². The SMILES string of the molecule is CC(C)CCCC(C)CCCC(C)CCCC(O)CCC(O)O. The van der Waals surface area contributed by atoms with Crippen molar-refractivity contribution in [3.63, 3.8) is 0 Å². The molecule has 0 spiro atoms. The summed E-state index contributed by atoms with van der Waals surface area (Å²) in [5, 5.41) is 27.3. The minimum atomic E-state index is -1.29. The lowest BCUT2D eigenvalue weighted by Crippen LogP contribution is -2.12. The van der Waals surface area contributed by atoms with Gasteiger partial charge in [0.1, 0.15) is 0 Å². The van der Waals surface area contributed by atoms with Crippen LogP contribution in [0.5, 0.6) is 0 Å². The maximum atomic E-state index is 9.76. The van der Waals surface area contributed by atoms with Gasteiger partial charge in [-0.05, 0) is 30.6 Å². The van der Waals surface area contributed by atoms with Gasteiger partial charge in [-0.2, -0.15) is 0 Å². The number of aliphatic hydroxyl groups is 3. The first kappa shape index (κ1) is 22.9. The summed E-state index contributed by atoms with van der Waals surface area (Å²) >= 11 is 0. The zero-order chi connectivity index (χ0) is 17.7. The molecule has 3 nitrogen and oxygen atoms in total. The van der Waals surface area contributed by atoms with Gasteiger partial charge in [0.15, 0.2) is 6.29 Å². The summed E-state index contributed by atoms with van der Waals surface area (Å²) < 4.78 is 0. The highest BCUT2D eigenvalue weighted by atomic mass is 16.5. The summed E-state index contributed by atoms with van der Waals surface area (Å²) in [7, 11) is 0. The number of hydrogen-bond donors (Lipinski definition) is 3. The van der Waals surface area contributed by atoms with Crippen molar-refractivity contribution in [2.24, 2.45) is 17.8 Å². The van der Waals surface area contributed by atoms with Crippen LogP contribution in [-0.2, 0) is 0 Å². The molecule has 0 saturated heterocycles. The van der Waals surface area contributed by atoms with E-state index in [-0.39, 0.29) is 12.5 Å². The number of aliphatic hydroxyl groups excluding tert-OH is 2. The van der Waals surface area contributed by atoms with E-state index in [2.05, 4.69) is 27.7 Å². The molecule has 0 saturated carbocycles. The minimum Gasteiger partial charge on any atom is -0.393 e. The normalized spacial score (nSPS) is 16.0. The Balaban J connectivity index is 3.50. The molecule has 3 heteroatoms. The Kier molecular flexibility index (Phi) is 14.2. The maximum absolute atomic E-state index is 9.76. The average molecular weight is 331 g/mol. The zero-order valence-corrected chi connectivity index (χ0v) is 16.0. The monoisotopic (exact) mass is 330 g/mol. The van der Waals surface area contributed by atoms with Crippen molar-refractivity contribution in [3.05, 3.63) is 0 Å². The van der Waals surface area contributed by atoms with E-state index in [1.54, 1.807) is 0 Å². The van der Waals surface area contributed by atoms with Crippen molar-refractivity contribution >= 4 is 0 Å². The topological polar surface area (TPSA) is 60.7 Å². The van der Waals surface area contributed by atoms with Gasteiger partial charge in [-0.3, -0.25) is 0 Å². The molecule has 0 radical (unpaired) electrons. The molecule has 0 aliphatic rings. The van der Waals surface area contributed by atoms with Crippen LogP contribution >= 0.6 is 0 Å². The summed E-state index contributed by atoms with van der Waals surface area (Å²) in [6.07, 6.45) is 10.1. The van der Waals surface area contributed by atoms with Crippen molar-refractivity contribution in [1.29, 1.82) is 0 Å². The van der Waals surface area contributed by atoms with Crippen molar-refractivity contribution < 1.29 is 15.3 Å². The van der Waals surface area contributed by atoms with Gasteiger partial charge in [-0.25, -0.2) is 0 Å². The van der Waals surface area contributed by atoms with Crippen LogP contribution in [0.2, 0.25) is 0 Å². The number of hydrogen-bond acceptors (Lipinski definition) is 3. The fourth-order valence-corrected chi connectivity index (χ4v) is 3.17. The lowest BCUT2D eigenvalue weighted by atomic mass is 9.91. The van der Waals surface area contributed by atoms with Gasteiger partial charge in [0.25, 0.3) is 0 Å². The Bertz CT molecular complexity index is 253. The second-order valence-electron chi connectivity index (χ2n) is 8.11. The molecule has 0 aromatic carbocycles. The van der Waals surface area contributed by atoms with E-state index in [9.17, 15) is 5.11 Å². The largest absolute Gasteiger partial charge is 0.393 e. The first-order valence-corrected chi connectivity index (χ1v) is 9.85. The Hall–Kier alpha value is -0.120. The third-order valence-electron chi connectivity index (χ3n) is 4.86. The maximum Gasteiger partial charge on any atom is 0.151 e. The quantitative estimate of drug-likeness (QED) is 0.375. The van der Waals surface area contributed by atoms with Crippen molar-refractivity contribution in [1.82, 2.24) is 0 Å². The van der Waals surface area contributed by atoms with Crippen LogP contribution in [-0.4, -0.2) is 27.7 Å². The van der Waals surface area contributed by atoms with E-state index >= 15 is 0 Å². The van der Waals surface area contributed by atoms with Gasteiger partial charge in [0.05, 0.1) is 6.10 Å². The lowest BCUT2D eigenvalue weighted by molar-refractivity contribution is -0.0534. The van der Waals surface area contributed by atoms with Gasteiger partial charge in [0.2, 0.25) is 0 Å². The highest BCUT2D eigenvalue weighted by Crippen LogP contribution is 2.21. The van der Waals surface area contributed by atoms with Crippen LogP contribution in [0.25, 0.3) is 0 Å². The van der Waals surface area contributed by atoms with Crippen LogP contribution in [0, 0.1) is 17.8 Å². The zero-order valence-electron chi connectivity index (χ0n) is 16.0. The molecule has 0 aliphatic carbocycles. The average Bonchev–Trinajstić information content (AvgIpc) is 2.44. The van der Waals surface area contributed by atoms with E-state index in [1.807, 2.05) is 0 Å². The molecule has 0 fully saturated rings. The standard InChI is InChI=1S/C20H42O3/c1-16(2)8-5-9-17(3)10-6-11-18(4)12-7-13-19(21)14-15-20(22)23/h16-23H,5-15H2,1-4H3. The first-order valence-electron chi connectivity index (χ1n) is 9.85. The fourth-order valence-electron chi connectivity index (χ4n) is 3.17. The molecule has 0 rings (SSSR count). The highest BCUT2D eigenvalue weighted by Gasteiger charge is 2.09. The van der Waals surface area contributed by atoms with E-state index in [0.29, 0.717) is 6.42 Å². The molecule has 0 heterocycles. The smallest absolute Gasteiger partial charge is 0.151 e. The van der Waals surface area contributed by atoms with Crippen LogP contribution in [0.4, 0.5) is 0 Å². The van der Waals surface area contributed by atoms with Gasteiger partial charge in [0, 0.05) is 6.42 Å². The molecule has 0 aromatic heterocycles. The molecule has 0 bridgehead atoms. The summed E-state index contributed by atoms with van der Waals surface area (Å²) in [5.41, 5.74) is 0. The fraction of sp³-hybridized carbons (Fsp3) is 1.00. The third kappa shape index (κ3) is 16.5. The van der Waals surface area contributed by atoms with E-state index in [0.717, 1.165) is 30.6 Å². The Labute approximate surface area is 144 Å². The van der Waals surface area contributed by atoms with Crippen LogP contribution in [0.1, 0.15) is 98.3 Å². The van der Waals surface area contributed by atoms with Crippen molar-refractivity contribution in [2.75, 3.05) is 0 Å². The Morgan fingerprint density at radius 1 is 0.522 bits per heavy atom. The predicted octanol–water partition coefficient (Wildman–Crippen LogP) is 4.88. The lowest BCUT2D eigenvalue weighted by Gasteiger charge is -2.16. The summed E-state index contributed by atoms with van der Waals surface area (Å²) in [6, 6.07) is 0.